The minimum atomic E-state index is -0.322. The molecule has 3 rings (SSSR count). The van der Waals surface area contributed by atoms with Gasteiger partial charge in [0.25, 0.3) is 0 Å². The Balaban J connectivity index is 1.29. The zero-order valence-electron chi connectivity index (χ0n) is 13.7. The Kier molecular flexibility index (Phi) is 5.51. The highest BCUT2D eigenvalue weighted by atomic mass is 16.5. The molecule has 23 heavy (non-hydrogen) atoms. The summed E-state index contributed by atoms with van der Waals surface area (Å²) in [6.07, 6.45) is 5.49. The van der Waals surface area contributed by atoms with E-state index in [0.717, 1.165) is 31.2 Å². The van der Waals surface area contributed by atoms with Crippen LogP contribution in [0.5, 0.6) is 0 Å². The molecule has 0 aliphatic heterocycles. The summed E-state index contributed by atoms with van der Waals surface area (Å²) in [5.74, 6) is 0. The van der Waals surface area contributed by atoms with Crippen molar-refractivity contribution >= 4 is 6.09 Å². The van der Waals surface area contributed by atoms with Crippen molar-refractivity contribution < 1.29 is 14.3 Å². The summed E-state index contributed by atoms with van der Waals surface area (Å²) in [4.78, 5) is 11.8. The lowest BCUT2D eigenvalue weighted by atomic mass is 9.86. The first kappa shape index (κ1) is 16.3. The molecule has 0 spiro atoms. The Hall–Kier alpha value is -1.59. The molecule has 2 fully saturated rings. The maximum atomic E-state index is 11.8. The van der Waals surface area contributed by atoms with Crippen molar-refractivity contribution in [1.29, 1.82) is 0 Å². The number of methoxy groups -OCH3 is 1. The van der Waals surface area contributed by atoms with E-state index in [0.29, 0.717) is 24.8 Å². The largest absolute Gasteiger partial charge is 0.445 e. The van der Waals surface area contributed by atoms with Gasteiger partial charge in [0.15, 0.2) is 0 Å². The predicted octanol–water partition coefficient (Wildman–Crippen LogP) is 2.60. The summed E-state index contributed by atoms with van der Waals surface area (Å²) >= 11 is 0. The normalized spacial score (nSPS) is 29.8. The number of hydrogen-bond acceptors (Lipinski definition) is 4. The van der Waals surface area contributed by atoms with Gasteiger partial charge in [0, 0.05) is 25.2 Å². The van der Waals surface area contributed by atoms with E-state index in [9.17, 15) is 4.79 Å². The lowest BCUT2D eigenvalue weighted by Crippen LogP contribution is -2.54. The second-order valence-corrected chi connectivity index (χ2v) is 6.61. The second-order valence-electron chi connectivity index (χ2n) is 6.61. The van der Waals surface area contributed by atoms with Crippen molar-refractivity contribution in [2.75, 3.05) is 7.11 Å². The van der Waals surface area contributed by atoms with Gasteiger partial charge < -0.3 is 20.1 Å². The molecule has 126 valence electrons. The van der Waals surface area contributed by atoms with E-state index in [1.165, 1.54) is 6.42 Å². The lowest BCUT2D eigenvalue weighted by Gasteiger charge is -2.37. The molecular formula is C18H26N2O3. The summed E-state index contributed by atoms with van der Waals surface area (Å²) < 4.78 is 10.6. The van der Waals surface area contributed by atoms with Gasteiger partial charge in [-0.1, -0.05) is 30.3 Å². The second kappa shape index (κ2) is 7.79. The average molecular weight is 318 g/mol. The topological polar surface area (TPSA) is 59.6 Å². The van der Waals surface area contributed by atoms with E-state index in [-0.39, 0.29) is 12.1 Å². The SMILES string of the molecule is COC1CCC(NC2CC(NC(=O)OCc3ccccc3)C2)C1. The van der Waals surface area contributed by atoms with Crippen LogP contribution in [0.4, 0.5) is 4.79 Å². The molecule has 0 bridgehead atoms. The highest BCUT2D eigenvalue weighted by Gasteiger charge is 2.34. The fraction of sp³-hybridized carbons (Fsp3) is 0.611. The molecule has 2 unspecified atom stereocenters. The van der Waals surface area contributed by atoms with Gasteiger partial charge in [-0.25, -0.2) is 4.79 Å². The molecule has 2 N–H and O–H groups in total. The van der Waals surface area contributed by atoms with Crippen LogP contribution < -0.4 is 10.6 Å². The van der Waals surface area contributed by atoms with Crippen LogP contribution >= 0.6 is 0 Å². The summed E-state index contributed by atoms with van der Waals surface area (Å²) in [6.45, 7) is 0.321. The van der Waals surface area contributed by atoms with E-state index in [4.69, 9.17) is 9.47 Å². The number of alkyl carbamates (subject to hydrolysis) is 1. The quantitative estimate of drug-likeness (QED) is 0.846. The van der Waals surface area contributed by atoms with Gasteiger partial charge >= 0.3 is 6.09 Å². The van der Waals surface area contributed by atoms with Gasteiger partial charge in [0.05, 0.1) is 6.10 Å². The first-order valence-electron chi connectivity index (χ1n) is 8.49. The van der Waals surface area contributed by atoms with Gasteiger partial charge in [-0.2, -0.15) is 0 Å². The maximum Gasteiger partial charge on any atom is 0.407 e. The van der Waals surface area contributed by atoms with Crippen molar-refractivity contribution in [1.82, 2.24) is 10.6 Å². The van der Waals surface area contributed by atoms with E-state index in [1.54, 1.807) is 7.11 Å². The van der Waals surface area contributed by atoms with Crippen molar-refractivity contribution in [3.63, 3.8) is 0 Å². The molecule has 2 aliphatic carbocycles. The minimum Gasteiger partial charge on any atom is -0.445 e. The standard InChI is InChI=1S/C18H26N2O3/c1-22-17-8-7-14(11-17)19-15-9-16(10-15)20-18(21)23-12-13-5-3-2-4-6-13/h2-6,14-17,19H,7-12H2,1H3,(H,20,21). The van der Waals surface area contributed by atoms with Crippen LogP contribution in [0.2, 0.25) is 0 Å². The Morgan fingerprint density at radius 1 is 1.09 bits per heavy atom. The van der Waals surface area contributed by atoms with E-state index < -0.39 is 0 Å². The van der Waals surface area contributed by atoms with Crippen LogP contribution in [0.15, 0.2) is 30.3 Å². The summed E-state index contributed by atoms with van der Waals surface area (Å²) in [7, 11) is 1.79. The van der Waals surface area contributed by atoms with Crippen molar-refractivity contribution in [3.05, 3.63) is 35.9 Å². The summed E-state index contributed by atoms with van der Waals surface area (Å²) in [5, 5.41) is 6.60. The predicted molar refractivity (Wildman–Crippen MR) is 88.1 cm³/mol. The first-order valence-corrected chi connectivity index (χ1v) is 8.49. The fourth-order valence-electron chi connectivity index (χ4n) is 3.44. The Labute approximate surface area is 137 Å². The molecule has 2 aliphatic rings. The molecule has 5 nitrogen and oxygen atoms in total. The monoisotopic (exact) mass is 318 g/mol. The molecule has 1 aromatic carbocycles. The summed E-state index contributed by atoms with van der Waals surface area (Å²) in [5.41, 5.74) is 1.00. The Morgan fingerprint density at radius 2 is 1.87 bits per heavy atom. The third-order valence-electron chi connectivity index (χ3n) is 4.86. The number of carbonyl (C=O) groups is 1. The van der Waals surface area contributed by atoms with Gasteiger partial charge in [-0.05, 0) is 37.7 Å². The van der Waals surface area contributed by atoms with Crippen LogP contribution in [0.25, 0.3) is 0 Å². The zero-order chi connectivity index (χ0) is 16.1. The lowest BCUT2D eigenvalue weighted by molar-refractivity contribution is 0.104. The number of nitrogens with one attached hydrogen (secondary N) is 2. The van der Waals surface area contributed by atoms with E-state index in [1.807, 2.05) is 30.3 Å². The van der Waals surface area contributed by atoms with Crippen molar-refractivity contribution in [2.45, 2.75) is 62.9 Å². The number of benzene rings is 1. The minimum absolute atomic E-state index is 0.232. The van der Waals surface area contributed by atoms with Crippen LogP contribution in [0.3, 0.4) is 0 Å². The van der Waals surface area contributed by atoms with Gasteiger partial charge in [-0.15, -0.1) is 0 Å². The molecule has 0 saturated heterocycles. The third-order valence-corrected chi connectivity index (χ3v) is 4.86. The van der Waals surface area contributed by atoms with Gasteiger partial charge in [0.1, 0.15) is 6.61 Å². The molecule has 2 saturated carbocycles. The third kappa shape index (κ3) is 4.69. The molecule has 0 heterocycles. The smallest absolute Gasteiger partial charge is 0.407 e. The van der Waals surface area contributed by atoms with Crippen molar-refractivity contribution in [2.24, 2.45) is 0 Å². The van der Waals surface area contributed by atoms with Gasteiger partial charge in [0.2, 0.25) is 0 Å². The number of carbonyl (C=O) groups excluding carboxylic acids is 1. The maximum absolute atomic E-state index is 11.8. The van der Waals surface area contributed by atoms with Crippen molar-refractivity contribution in [3.8, 4) is 0 Å². The van der Waals surface area contributed by atoms with E-state index in [2.05, 4.69) is 10.6 Å². The molecular weight excluding hydrogens is 292 g/mol. The van der Waals surface area contributed by atoms with Crippen LogP contribution in [-0.2, 0) is 16.1 Å². The van der Waals surface area contributed by atoms with E-state index >= 15 is 0 Å². The first-order chi connectivity index (χ1) is 11.2. The van der Waals surface area contributed by atoms with Gasteiger partial charge in [-0.3, -0.25) is 0 Å². The summed E-state index contributed by atoms with van der Waals surface area (Å²) in [6, 6.07) is 11.0. The molecule has 5 heteroatoms. The number of ether oxygens (including phenoxy) is 2. The zero-order valence-corrected chi connectivity index (χ0v) is 13.7. The van der Waals surface area contributed by atoms with Crippen LogP contribution in [0.1, 0.15) is 37.7 Å². The molecule has 1 amide bonds. The Bertz CT molecular complexity index is 502. The molecule has 0 radical (unpaired) electrons. The highest BCUT2D eigenvalue weighted by molar-refractivity contribution is 5.67. The molecule has 2 atom stereocenters. The van der Waals surface area contributed by atoms with Crippen LogP contribution in [-0.4, -0.2) is 37.4 Å². The highest BCUT2D eigenvalue weighted by Crippen LogP contribution is 2.26. The molecule has 0 aromatic heterocycles. The molecule has 1 aromatic rings. The fourth-order valence-corrected chi connectivity index (χ4v) is 3.44. The number of rotatable bonds is 6. The number of amides is 1. The number of hydrogen-bond donors (Lipinski definition) is 2. The average Bonchev–Trinajstić information content (AvgIpc) is 2.99. The Morgan fingerprint density at radius 3 is 2.57 bits per heavy atom. The van der Waals surface area contributed by atoms with Crippen LogP contribution in [0, 0.1) is 0 Å².